The minimum Gasteiger partial charge on any atom is -0.372 e. The third-order valence-electron chi connectivity index (χ3n) is 4.35. The molecule has 1 aliphatic heterocycles. The summed E-state index contributed by atoms with van der Waals surface area (Å²) in [4.78, 5) is 4.05. The number of ether oxygens (including phenoxy) is 1. The van der Waals surface area contributed by atoms with Crippen LogP contribution in [0.1, 0.15) is 31.0 Å². The van der Waals surface area contributed by atoms with Gasteiger partial charge < -0.3 is 9.30 Å². The van der Waals surface area contributed by atoms with Crippen molar-refractivity contribution < 1.29 is 13.2 Å². The number of aromatic nitrogens is 2. The maximum Gasteiger partial charge on any atom is 0.261 e. The highest BCUT2D eigenvalue weighted by molar-refractivity contribution is 7.89. The molecule has 1 aromatic carbocycles. The molecule has 1 atom stereocenters. The predicted octanol–water partition coefficient (Wildman–Crippen LogP) is 2.23. The van der Waals surface area contributed by atoms with E-state index in [0.717, 1.165) is 6.42 Å². The Morgan fingerprint density at radius 1 is 1.33 bits per heavy atom. The van der Waals surface area contributed by atoms with Crippen LogP contribution in [0.2, 0.25) is 0 Å². The molecule has 0 fully saturated rings. The topological polar surface area (TPSA) is 64.4 Å². The molecule has 1 aliphatic rings. The van der Waals surface area contributed by atoms with E-state index in [-0.39, 0.29) is 17.2 Å². The van der Waals surface area contributed by atoms with Gasteiger partial charge in [-0.25, -0.2) is 13.4 Å². The molecular formula is C17H23N3O3S. The van der Waals surface area contributed by atoms with Crippen LogP contribution in [-0.4, -0.2) is 42.0 Å². The van der Waals surface area contributed by atoms with E-state index in [2.05, 4.69) is 11.1 Å². The lowest BCUT2D eigenvalue weighted by atomic mass is 9.99. The first-order valence-electron chi connectivity index (χ1n) is 8.06. The van der Waals surface area contributed by atoms with Crippen molar-refractivity contribution >= 4 is 10.0 Å². The smallest absolute Gasteiger partial charge is 0.261 e. The average molecular weight is 349 g/mol. The summed E-state index contributed by atoms with van der Waals surface area (Å²) in [6.07, 6.45) is 3.70. The van der Waals surface area contributed by atoms with Gasteiger partial charge in [-0.3, -0.25) is 0 Å². The quantitative estimate of drug-likeness (QED) is 0.830. The standard InChI is InChI=1S/C17H23N3O3S/c1-13(2)20-10-17(18-12-20)24(21,22)19(3)9-16-8-14-6-4-5-7-15(14)11-23-16/h4-7,10,12-13,16H,8-9,11H2,1-3H3. The average Bonchev–Trinajstić information content (AvgIpc) is 3.05. The van der Waals surface area contributed by atoms with Crippen molar-refractivity contribution in [2.24, 2.45) is 0 Å². The molecule has 2 aromatic rings. The van der Waals surface area contributed by atoms with Crippen LogP contribution >= 0.6 is 0 Å². The van der Waals surface area contributed by atoms with Crippen molar-refractivity contribution in [3.63, 3.8) is 0 Å². The van der Waals surface area contributed by atoms with E-state index in [9.17, 15) is 8.42 Å². The zero-order valence-corrected chi connectivity index (χ0v) is 15.0. The first-order valence-corrected chi connectivity index (χ1v) is 9.50. The Kier molecular flexibility index (Phi) is 4.76. The highest BCUT2D eigenvalue weighted by Gasteiger charge is 2.28. The summed E-state index contributed by atoms with van der Waals surface area (Å²) >= 11 is 0. The summed E-state index contributed by atoms with van der Waals surface area (Å²) in [5.41, 5.74) is 2.40. The minimum absolute atomic E-state index is 0.0786. The van der Waals surface area contributed by atoms with Gasteiger partial charge in [0.15, 0.2) is 5.03 Å². The van der Waals surface area contributed by atoms with Crippen LogP contribution in [0.5, 0.6) is 0 Å². The minimum atomic E-state index is -3.61. The van der Waals surface area contributed by atoms with Crippen molar-refractivity contribution in [3.8, 4) is 0 Å². The lowest BCUT2D eigenvalue weighted by Gasteiger charge is -2.28. The van der Waals surface area contributed by atoms with Gasteiger partial charge in [0.05, 0.1) is 19.0 Å². The van der Waals surface area contributed by atoms with E-state index in [1.807, 2.05) is 32.0 Å². The number of likely N-dealkylation sites (N-methyl/N-ethyl adjacent to an activating group) is 1. The molecule has 0 saturated carbocycles. The molecule has 3 rings (SSSR count). The highest BCUT2D eigenvalue weighted by atomic mass is 32.2. The van der Waals surface area contributed by atoms with Gasteiger partial charge in [-0.15, -0.1) is 0 Å². The molecule has 1 unspecified atom stereocenters. The van der Waals surface area contributed by atoms with Crippen molar-refractivity contribution in [2.45, 2.75) is 44.0 Å². The van der Waals surface area contributed by atoms with Crippen LogP contribution < -0.4 is 0 Å². The van der Waals surface area contributed by atoms with E-state index < -0.39 is 10.0 Å². The molecule has 0 amide bonds. The highest BCUT2D eigenvalue weighted by Crippen LogP contribution is 2.22. The van der Waals surface area contributed by atoms with E-state index in [1.165, 1.54) is 15.4 Å². The van der Waals surface area contributed by atoms with Crippen LogP contribution in [0, 0.1) is 0 Å². The second kappa shape index (κ2) is 6.66. The molecule has 2 heterocycles. The predicted molar refractivity (Wildman–Crippen MR) is 91.2 cm³/mol. The zero-order chi connectivity index (χ0) is 17.3. The number of nitrogens with zero attached hydrogens (tertiary/aromatic N) is 3. The van der Waals surface area contributed by atoms with Crippen molar-refractivity contribution in [1.29, 1.82) is 0 Å². The van der Waals surface area contributed by atoms with Crippen LogP contribution in [0.3, 0.4) is 0 Å². The fourth-order valence-electron chi connectivity index (χ4n) is 2.80. The van der Waals surface area contributed by atoms with E-state index in [0.29, 0.717) is 13.2 Å². The fourth-order valence-corrected chi connectivity index (χ4v) is 3.92. The summed E-state index contributed by atoms with van der Waals surface area (Å²) in [6, 6.07) is 8.28. The first kappa shape index (κ1) is 17.1. The SMILES string of the molecule is CC(C)n1cnc(S(=O)(=O)N(C)CC2Cc3ccccc3CO2)c1. The summed E-state index contributed by atoms with van der Waals surface area (Å²) in [5, 5.41) is 0.0786. The number of rotatable bonds is 5. The summed E-state index contributed by atoms with van der Waals surface area (Å²) < 4.78 is 34.3. The summed E-state index contributed by atoms with van der Waals surface area (Å²) in [7, 11) is -2.03. The molecule has 0 N–H and O–H groups in total. The largest absolute Gasteiger partial charge is 0.372 e. The number of hydrogen-bond donors (Lipinski definition) is 0. The molecule has 0 spiro atoms. The monoisotopic (exact) mass is 349 g/mol. The Hall–Kier alpha value is -1.70. The first-order chi connectivity index (χ1) is 11.4. The van der Waals surface area contributed by atoms with Gasteiger partial charge in [-0.05, 0) is 25.0 Å². The molecule has 130 valence electrons. The van der Waals surface area contributed by atoms with Gasteiger partial charge in [0, 0.05) is 32.3 Å². The van der Waals surface area contributed by atoms with Gasteiger partial charge >= 0.3 is 0 Å². The van der Waals surface area contributed by atoms with Gasteiger partial charge in [0.25, 0.3) is 10.0 Å². The maximum absolute atomic E-state index is 12.7. The van der Waals surface area contributed by atoms with Crippen LogP contribution in [0.4, 0.5) is 0 Å². The molecule has 7 heteroatoms. The molecule has 0 aliphatic carbocycles. The fraction of sp³-hybridized carbons (Fsp3) is 0.471. The molecule has 1 aromatic heterocycles. The maximum atomic E-state index is 12.7. The summed E-state index contributed by atoms with van der Waals surface area (Å²) in [6.45, 7) is 4.80. The van der Waals surface area contributed by atoms with E-state index in [4.69, 9.17) is 4.74 Å². The summed E-state index contributed by atoms with van der Waals surface area (Å²) in [5.74, 6) is 0. The Bertz CT molecular complexity index is 814. The Balaban J connectivity index is 1.71. The lowest BCUT2D eigenvalue weighted by Crippen LogP contribution is -2.38. The molecule has 0 radical (unpaired) electrons. The van der Waals surface area contributed by atoms with Crippen molar-refractivity contribution in [2.75, 3.05) is 13.6 Å². The van der Waals surface area contributed by atoms with Crippen LogP contribution in [0.25, 0.3) is 0 Å². The van der Waals surface area contributed by atoms with Gasteiger partial charge in [0.1, 0.15) is 0 Å². The number of benzene rings is 1. The molecule has 24 heavy (non-hydrogen) atoms. The number of hydrogen-bond acceptors (Lipinski definition) is 4. The normalized spacial score (nSPS) is 18.1. The van der Waals surface area contributed by atoms with Crippen molar-refractivity contribution in [1.82, 2.24) is 13.9 Å². The van der Waals surface area contributed by atoms with E-state index in [1.54, 1.807) is 24.1 Å². The second-order valence-electron chi connectivity index (χ2n) is 6.44. The Labute approximate surface area is 143 Å². The zero-order valence-electron chi connectivity index (χ0n) is 14.2. The second-order valence-corrected chi connectivity index (χ2v) is 8.44. The Morgan fingerprint density at radius 3 is 2.71 bits per heavy atom. The molecular weight excluding hydrogens is 326 g/mol. The van der Waals surface area contributed by atoms with E-state index >= 15 is 0 Å². The molecule has 0 bridgehead atoms. The third-order valence-corrected chi connectivity index (χ3v) is 6.06. The van der Waals surface area contributed by atoms with Gasteiger partial charge in [-0.1, -0.05) is 24.3 Å². The molecule has 6 nitrogen and oxygen atoms in total. The lowest BCUT2D eigenvalue weighted by molar-refractivity contribution is 0.0202. The Morgan fingerprint density at radius 2 is 2.04 bits per heavy atom. The number of imidazole rings is 1. The van der Waals surface area contributed by atoms with Crippen molar-refractivity contribution in [3.05, 3.63) is 47.9 Å². The van der Waals surface area contributed by atoms with Crippen LogP contribution in [-0.2, 0) is 27.8 Å². The van der Waals surface area contributed by atoms with Gasteiger partial charge in [0.2, 0.25) is 0 Å². The number of sulfonamides is 1. The van der Waals surface area contributed by atoms with Crippen LogP contribution in [0.15, 0.2) is 41.8 Å². The third kappa shape index (κ3) is 3.38. The van der Waals surface area contributed by atoms with Gasteiger partial charge in [-0.2, -0.15) is 4.31 Å². The molecule has 0 saturated heterocycles. The number of fused-ring (bicyclic) bond motifs is 1.